The van der Waals surface area contributed by atoms with Crippen LogP contribution in [0.3, 0.4) is 0 Å². The number of thiazole rings is 1. The molecular formula is C20H16ClFN2O2S. The first-order valence-electron chi connectivity index (χ1n) is 8.05. The van der Waals surface area contributed by atoms with Crippen LogP contribution in [0.25, 0.3) is 6.08 Å². The monoisotopic (exact) mass is 402 g/mol. The molecule has 1 heterocycles. The van der Waals surface area contributed by atoms with Gasteiger partial charge in [0.1, 0.15) is 0 Å². The zero-order valence-electron chi connectivity index (χ0n) is 14.4. The van der Waals surface area contributed by atoms with Gasteiger partial charge in [0.05, 0.1) is 7.11 Å². The second-order valence-corrected chi connectivity index (χ2v) is 7.20. The number of nitrogens with zero attached hydrogens (tertiary/aromatic N) is 1. The summed E-state index contributed by atoms with van der Waals surface area (Å²) in [5, 5.41) is 3.91. The van der Waals surface area contributed by atoms with Crippen LogP contribution in [0.15, 0.2) is 54.7 Å². The first-order chi connectivity index (χ1) is 13.0. The number of ether oxygens (including phenoxy) is 1. The molecule has 1 aromatic heterocycles. The number of amides is 1. The number of rotatable bonds is 6. The Balaban J connectivity index is 1.58. The smallest absolute Gasteiger partial charge is 0.250 e. The van der Waals surface area contributed by atoms with E-state index in [9.17, 15) is 9.18 Å². The van der Waals surface area contributed by atoms with Crippen molar-refractivity contribution in [1.82, 2.24) is 4.98 Å². The Morgan fingerprint density at radius 3 is 2.78 bits per heavy atom. The van der Waals surface area contributed by atoms with Gasteiger partial charge in [-0.1, -0.05) is 29.8 Å². The van der Waals surface area contributed by atoms with Crippen LogP contribution in [-0.2, 0) is 11.2 Å². The van der Waals surface area contributed by atoms with E-state index in [1.54, 1.807) is 12.3 Å². The lowest BCUT2D eigenvalue weighted by Crippen LogP contribution is -2.07. The third-order valence-corrected chi connectivity index (χ3v) is 4.84. The van der Waals surface area contributed by atoms with E-state index in [1.807, 2.05) is 24.3 Å². The summed E-state index contributed by atoms with van der Waals surface area (Å²) in [5.74, 6) is -0.655. The van der Waals surface area contributed by atoms with Crippen molar-refractivity contribution in [2.24, 2.45) is 0 Å². The van der Waals surface area contributed by atoms with Gasteiger partial charge in [-0.2, -0.15) is 0 Å². The van der Waals surface area contributed by atoms with Crippen LogP contribution < -0.4 is 10.1 Å². The van der Waals surface area contributed by atoms with Gasteiger partial charge >= 0.3 is 0 Å². The van der Waals surface area contributed by atoms with E-state index in [2.05, 4.69) is 10.3 Å². The minimum absolute atomic E-state index is 0.160. The van der Waals surface area contributed by atoms with E-state index in [-0.39, 0.29) is 11.7 Å². The molecule has 3 rings (SSSR count). The molecule has 0 radical (unpaired) electrons. The summed E-state index contributed by atoms with van der Waals surface area (Å²) in [6.45, 7) is 0. The van der Waals surface area contributed by atoms with E-state index >= 15 is 0 Å². The Hall–Kier alpha value is -2.70. The Morgan fingerprint density at radius 2 is 2.07 bits per heavy atom. The van der Waals surface area contributed by atoms with Gasteiger partial charge in [0, 0.05) is 28.6 Å². The molecule has 0 spiro atoms. The van der Waals surface area contributed by atoms with Crippen LogP contribution in [-0.4, -0.2) is 18.0 Å². The van der Waals surface area contributed by atoms with Gasteiger partial charge in [0.15, 0.2) is 16.7 Å². The fraction of sp³-hybridized carbons (Fsp3) is 0.100. The molecule has 0 fully saturated rings. The lowest BCUT2D eigenvalue weighted by Gasteiger charge is -2.02. The molecule has 0 aliphatic rings. The Kier molecular flexibility index (Phi) is 6.21. The van der Waals surface area contributed by atoms with Gasteiger partial charge in [0.25, 0.3) is 0 Å². The van der Waals surface area contributed by atoms with Crippen LogP contribution in [0.5, 0.6) is 5.75 Å². The highest BCUT2D eigenvalue weighted by Crippen LogP contribution is 2.22. The SMILES string of the molecule is COc1ccc(/C=C/C(=O)Nc2ncc(Cc3ccc(Cl)cc3)s2)cc1F. The van der Waals surface area contributed by atoms with E-state index in [0.717, 1.165) is 10.4 Å². The molecule has 0 atom stereocenters. The molecule has 3 aromatic rings. The molecule has 1 amide bonds. The summed E-state index contributed by atoms with van der Waals surface area (Å²) in [6.07, 6.45) is 5.31. The quantitative estimate of drug-likeness (QED) is 0.577. The average Bonchev–Trinajstić information content (AvgIpc) is 3.09. The van der Waals surface area contributed by atoms with E-state index in [4.69, 9.17) is 16.3 Å². The zero-order chi connectivity index (χ0) is 19.2. The second-order valence-electron chi connectivity index (χ2n) is 5.65. The van der Waals surface area contributed by atoms with Gasteiger partial charge in [-0.15, -0.1) is 11.3 Å². The standard InChI is InChI=1S/C20H16ClFN2O2S/c1-26-18-8-4-14(11-17(18)22)5-9-19(25)24-20-23-12-16(27-20)10-13-2-6-15(21)7-3-13/h2-9,11-12H,10H2,1H3,(H,23,24,25)/b9-5+. The van der Waals surface area contributed by atoms with Crippen LogP contribution in [0.4, 0.5) is 9.52 Å². The highest BCUT2D eigenvalue weighted by Gasteiger charge is 2.06. The first-order valence-corrected chi connectivity index (χ1v) is 9.24. The predicted molar refractivity (Wildman–Crippen MR) is 107 cm³/mol. The maximum absolute atomic E-state index is 13.7. The number of aromatic nitrogens is 1. The maximum atomic E-state index is 13.7. The van der Waals surface area contributed by atoms with Crippen molar-refractivity contribution in [1.29, 1.82) is 0 Å². The molecule has 2 aromatic carbocycles. The van der Waals surface area contributed by atoms with Crippen LogP contribution >= 0.6 is 22.9 Å². The van der Waals surface area contributed by atoms with Crippen molar-refractivity contribution in [2.45, 2.75) is 6.42 Å². The lowest BCUT2D eigenvalue weighted by molar-refractivity contribution is -0.111. The van der Waals surface area contributed by atoms with Crippen LogP contribution in [0.2, 0.25) is 5.02 Å². The Morgan fingerprint density at radius 1 is 1.30 bits per heavy atom. The zero-order valence-corrected chi connectivity index (χ0v) is 16.0. The molecule has 0 aliphatic heterocycles. The van der Waals surface area contributed by atoms with Crippen molar-refractivity contribution in [3.63, 3.8) is 0 Å². The topological polar surface area (TPSA) is 51.2 Å². The minimum Gasteiger partial charge on any atom is -0.494 e. The molecule has 138 valence electrons. The van der Waals surface area contributed by atoms with E-state index in [0.29, 0.717) is 22.1 Å². The van der Waals surface area contributed by atoms with E-state index < -0.39 is 5.82 Å². The average molecular weight is 403 g/mol. The number of carbonyl (C=O) groups excluding carboxylic acids is 1. The van der Waals surface area contributed by atoms with Crippen LogP contribution in [0.1, 0.15) is 16.0 Å². The largest absolute Gasteiger partial charge is 0.494 e. The molecule has 0 aliphatic carbocycles. The lowest BCUT2D eigenvalue weighted by atomic mass is 10.1. The molecule has 4 nitrogen and oxygen atoms in total. The Labute approximate surface area is 165 Å². The number of anilines is 1. The summed E-state index contributed by atoms with van der Waals surface area (Å²) in [6, 6.07) is 12.1. The molecule has 1 N–H and O–H groups in total. The minimum atomic E-state index is -0.480. The maximum Gasteiger partial charge on any atom is 0.250 e. The number of nitrogens with one attached hydrogen (secondary N) is 1. The molecule has 0 unspecified atom stereocenters. The summed E-state index contributed by atoms with van der Waals surface area (Å²) in [7, 11) is 1.40. The van der Waals surface area contributed by atoms with Crippen LogP contribution in [0, 0.1) is 5.82 Å². The summed E-state index contributed by atoms with van der Waals surface area (Å²) >= 11 is 7.29. The fourth-order valence-electron chi connectivity index (χ4n) is 2.36. The number of methoxy groups -OCH3 is 1. The molecular weight excluding hydrogens is 387 g/mol. The van der Waals surface area contributed by atoms with Crippen molar-refractivity contribution in [3.05, 3.63) is 81.6 Å². The predicted octanol–water partition coefficient (Wildman–Crippen LogP) is 5.19. The van der Waals surface area contributed by atoms with Gasteiger partial charge < -0.3 is 4.74 Å². The van der Waals surface area contributed by atoms with Crippen molar-refractivity contribution >= 4 is 40.1 Å². The fourth-order valence-corrected chi connectivity index (χ4v) is 3.33. The molecule has 7 heteroatoms. The molecule has 0 saturated heterocycles. The highest BCUT2D eigenvalue weighted by atomic mass is 35.5. The number of benzene rings is 2. The number of hydrogen-bond acceptors (Lipinski definition) is 4. The Bertz CT molecular complexity index is 970. The second kappa shape index (κ2) is 8.79. The number of carbonyl (C=O) groups is 1. The van der Waals surface area contributed by atoms with Gasteiger partial charge in [-0.25, -0.2) is 9.37 Å². The third kappa shape index (κ3) is 5.39. The molecule has 27 heavy (non-hydrogen) atoms. The van der Waals surface area contributed by atoms with Gasteiger partial charge in [-0.05, 0) is 41.5 Å². The summed E-state index contributed by atoms with van der Waals surface area (Å²) in [4.78, 5) is 17.3. The van der Waals surface area contributed by atoms with Crippen molar-refractivity contribution in [3.8, 4) is 5.75 Å². The number of hydrogen-bond donors (Lipinski definition) is 1. The summed E-state index contributed by atoms with van der Waals surface area (Å²) < 4.78 is 18.5. The molecule has 0 bridgehead atoms. The van der Waals surface area contributed by atoms with Gasteiger partial charge in [0.2, 0.25) is 5.91 Å². The van der Waals surface area contributed by atoms with Crippen molar-refractivity contribution in [2.75, 3.05) is 12.4 Å². The molecule has 0 saturated carbocycles. The van der Waals surface area contributed by atoms with E-state index in [1.165, 1.54) is 42.7 Å². The van der Waals surface area contributed by atoms with Crippen molar-refractivity contribution < 1.29 is 13.9 Å². The van der Waals surface area contributed by atoms with Gasteiger partial charge in [-0.3, -0.25) is 10.1 Å². The first kappa shape index (κ1) is 19.1. The third-order valence-electron chi connectivity index (χ3n) is 3.68. The normalized spacial score (nSPS) is 10.9. The number of halogens is 2. The highest BCUT2D eigenvalue weighted by molar-refractivity contribution is 7.15. The summed E-state index contributed by atoms with van der Waals surface area (Å²) in [5.41, 5.74) is 1.67.